The third-order valence-corrected chi connectivity index (χ3v) is 8.06. The maximum atomic E-state index is 13.3. The summed E-state index contributed by atoms with van der Waals surface area (Å²) < 4.78 is 6.44. The molecule has 4 fully saturated rings. The Labute approximate surface area is 164 Å². The van der Waals surface area contributed by atoms with Crippen molar-refractivity contribution in [1.29, 1.82) is 0 Å². The minimum Gasteiger partial charge on any atom is -0.467 e. The summed E-state index contributed by atoms with van der Waals surface area (Å²) >= 11 is 1.93. The second-order valence-electron chi connectivity index (χ2n) is 8.73. The summed E-state index contributed by atoms with van der Waals surface area (Å²) in [7, 11) is 0. The van der Waals surface area contributed by atoms with Gasteiger partial charge < -0.3 is 15.0 Å². The van der Waals surface area contributed by atoms with Gasteiger partial charge in [-0.2, -0.15) is 11.8 Å². The fourth-order valence-corrected chi connectivity index (χ4v) is 6.54. The summed E-state index contributed by atoms with van der Waals surface area (Å²) in [4.78, 5) is 28.1. The number of thioether (sulfide) groups is 1. The highest BCUT2D eigenvalue weighted by atomic mass is 32.2. The number of carbonyl (C=O) groups is 2. The second kappa shape index (κ2) is 6.16. The predicted molar refractivity (Wildman–Crippen MR) is 105 cm³/mol. The first-order chi connectivity index (χ1) is 13.0. The predicted octanol–water partition coefficient (Wildman–Crippen LogP) is 2.91. The van der Waals surface area contributed by atoms with Crippen LogP contribution >= 0.6 is 11.8 Å². The maximum absolute atomic E-state index is 13.3. The lowest BCUT2D eigenvalue weighted by atomic mass is 9.52. The molecule has 3 saturated carbocycles. The van der Waals surface area contributed by atoms with Gasteiger partial charge in [-0.15, -0.1) is 0 Å². The molecule has 3 aliphatic carbocycles. The highest BCUT2D eigenvalue weighted by Gasteiger charge is 2.62. The zero-order valence-corrected chi connectivity index (χ0v) is 16.5. The fraction of sp³-hybridized carbons (Fsp3) is 0.619. The minimum atomic E-state index is -0.660. The lowest BCUT2D eigenvalue weighted by Gasteiger charge is -2.60. The van der Waals surface area contributed by atoms with Crippen LogP contribution in [0.15, 0.2) is 24.3 Å². The summed E-state index contributed by atoms with van der Waals surface area (Å²) in [6.07, 6.45) is 3.54. The molecule has 27 heavy (non-hydrogen) atoms. The molecule has 0 unspecified atom stereocenters. The van der Waals surface area contributed by atoms with Gasteiger partial charge in [-0.25, -0.2) is 0 Å². The first kappa shape index (κ1) is 17.4. The van der Waals surface area contributed by atoms with Crippen molar-refractivity contribution in [3.8, 4) is 5.75 Å². The van der Waals surface area contributed by atoms with Gasteiger partial charge in [-0.1, -0.05) is 19.1 Å². The second-order valence-corrected chi connectivity index (χ2v) is 9.96. The molecule has 1 aromatic carbocycles. The van der Waals surface area contributed by atoms with E-state index in [9.17, 15) is 9.59 Å². The number of carbonyl (C=O) groups excluding carboxylic acids is 2. The first-order valence-corrected chi connectivity index (χ1v) is 11.1. The lowest BCUT2D eigenvalue weighted by Crippen LogP contribution is -2.69. The van der Waals surface area contributed by atoms with E-state index in [2.05, 4.69) is 17.1 Å². The van der Waals surface area contributed by atoms with Gasteiger partial charge in [0.2, 0.25) is 5.91 Å². The molecular weight excluding hydrogens is 360 g/mol. The number of amides is 2. The number of para-hydroxylation sites is 1. The Kier molecular flexibility index (Phi) is 3.97. The van der Waals surface area contributed by atoms with Crippen molar-refractivity contribution in [3.63, 3.8) is 0 Å². The van der Waals surface area contributed by atoms with Crippen LogP contribution in [0.25, 0.3) is 0 Å². The molecule has 4 atom stereocenters. The van der Waals surface area contributed by atoms with Gasteiger partial charge in [0.25, 0.3) is 5.91 Å². The number of nitrogens with zero attached hydrogens (tertiary/aromatic N) is 1. The summed E-state index contributed by atoms with van der Waals surface area (Å²) in [6.45, 7) is 3.96. The van der Waals surface area contributed by atoms with Gasteiger partial charge in [0, 0.05) is 42.9 Å². The van der Waals surface area contributed by atoms with Crippen LogP contribution < -0.4 is 10.1 Å². The summed E-state index contributed by atoms with van der Waals surface area (Å²) in [5.74, 6) is 3.25. The molecule has 6 heteroatoms. The van der Waals surface area contributed by atoms with Crippen molar-refractivity contribution in [1.82, 2.24) is 10.2 Å². The smallest absolute Gasteiger partial charge is 0.258 e. The summed E-state index contributed by atoms with van der Waals surface area (Å²) in [5.41, 5.74) is -0.184. The SMILES string of the molecule is C[C@@]12CC[C@@H](C[C@@H]1C(=O)N1CCSCC1)[C@]1(C2)NC(=O)c2ccccc2O1. The molecule has 1 aromatic rings. The Morgan fingerprint density at radius 3 is 2.85 bits per heavy atom. The van der Waals surface area contributed by atoms with Gasteiger partial charge >= 0.3 is 0 Å². The maximum Gasteiger partial charge on any atom is 0.258 e. The van der Waals surface area contributed by atoms with Gasteiger partial charge in [0.05, 0.1) is 5.56 Å². The highest BCUT2D eigenvalue weighted by molar-refractivity contribution is 7.99. The van der Waals surface area contributed by atoms with E-state index >= 15 is 0 Å². The molecule has 2 amide bonds. The molecule has 1 spiro atoms. The van der Waals surface area contributed by atoms with Crippen molar-refractivity contribution in [2.24, 2.45) is 17.3 Å². The van der Waals surface area contributed by atoms with Crippen molar-refractivity contribution in [2.75, 3.05) is 24.6 Å². The molecule has 5 nitrogen and oxygen atoms in total. The summed E-state index contributed by atoms with van der Waals surface area (Å²) in [5, 5.41) is 3.19. The normalized spacial score (nSPS) is 37.5. The quantitative estimate of drug-likeness (QED) is 0.806. The Balaban J connectivity index is 1.43. The minimum absolute atomic E-state index is 0.0441. The van der Waals surface area contributed by atoms with Crippen LogP contribution in [-0.4, -0.2) is 47.0 Å². The van der Waals surface area contributed by atoms with Crippen molar-refractivity contribution < 1.29 is 14.3 Å². The van der Waals surface area contributed by atoms with E-state index < -0.39 is 5.72 Å². The first-order valence-electron chi connectivity index (χ1n) is 9.98. The average Bonchev–Trinajstić information content (AvgIpc) is 2.68. The molecule has 2 heterocycles. The number of benzene rings is 1. The van der Waals surface area contributed by atoms with E-state index in [-0.39, 0.29) is 23.2 Å². The zero-order valence-electron chi connectivity index (χ0n) is 15.7. The van der Waals surface area contributed by atoms with E-state index in [1.54, 1.807) is 6.07 Å². The fourth-order valence-electron chi connectivity index (χ4n) is 5.64. The molecule has 5 aliphatic rings. The van der Waals surface area contributed by atoms with Crippen LogP contribution in [-0.2, 0) is 4.79 Å². The monoisotopic (exact) mass is 386 g/mol. The number of hydrogen-bond donors (Lipinski definition) is 1. The van der Waals surface area contributed by atoms with Crippen molar-refractivity contribution in [3.05, 3.63) is 29.8 Å². The number of ether oxygens (including phenoxy) is 1. The van der Waals surface area contributed by atoms with Crippen molar-refractivity contribution >= 4 is 23.6 Å². The van der Waals surface area contributed by atoms with E-state index in [1.165, 1.54) is 0 Å². The molecule has 0 radical (unpaired) electrons. The Morgan fingerprint density at radius 1 is 1.30 bits per heavy atom. The molecular formula is C21H26N2O3S. The molecule has 2 bridgehead atoms. The number of nitrogens with one attached hydrogen (secondary N) is 1. The van der Waals surface area contributed by atoms with E-state index in [4.69, 9.17) is 4.74 Å². The van der Waals surface area contributed by atoms with Crippen LogP contribution in [0.3, 0.4) is 0 Å². The Bertz CT molecular complexity index is 793. The van der Waals surface area contributed by atoms with Gasteiger partial charge in [0.1, 0.15) is 5.75 Å². The van der Waals surface area contributed by atoms with Crippen LogP contribution in [0.1, 0.15) is 43.0 Å². The Morgan fingerprint density at radius 2 is 2.07 bits per heavy atom. The lowest BCUT2D eigenvalue weighted by molar-refractivity contribution is -0.174. The zero-order chi connectivity index (χ0) is 18.6. The third kappa shape index (κ3) is 2.67. The average molecular weight is 387 g/mol. The number of rotatable bonds is 1. The topological polar surface area (TPSA) is 58.6 Å². The van der Waals surface area contributed by atoms with E-state index in [1.807, 2.05) is 30.0 Å². The van der Waals surface area contributed by atoms with Crippen molar-refractivity contribution in [2.45, 2.75) is 38.3 Å². The molecule has 0 aromatic heterocycles. The third-order valence-electron chi connectivity index (χ3n) is 7.12. The molecule has 1 saturated heterocycles. The van der Waals surface area contributed by atoms with Crippen LogP contribution in [0.5, 0.6) is 5.75 Å². The Hall–Kier alpha value is -1.69. The van der Waals surface area contributed by atoms with E-state index in [0.29, 0.717) is 23.6 Å². The summed E-state index contributed by atoms with van der Waals surface area (Å²) in [6, 6.07) is 7.46. The molecule has 2 aliphatic heterocycles. The van der Waals surface area contributed by atoms with Crippen LogP contribution in [0.4, 0.5) is 0 Å². The number of fused-ring (bicyclic) bond motifs is 3. The van der Waals surface area contributed by atoms with Gasteiger partial charge in [-0.3, -0.25) is 9.59 Å². The van der Waals surface area contributed by atoms with Crippen LogP contribution in [0, 0.1) is 17.3 Å². The standard InChI is InChI=1S/C21H26N2O3S/c1-20-7-6-14(12-16(20)19(25)23-8-10-27-11-9-23)21(13-20)22-18(24)15-4-2-3-5-17(15)26-21/h2-5,14,16H,6-13H2,1H3,(H,22,24)/t14-,16+,20-,21+/m0/s1. The largest absolute Gasteiger partial charge is 0.467 e. The highest BCUT2D eigenvalue weighted by Crippen LogP contribution is 2.59. The molecule has 144 valence electrons. The van der Waals surface area contributed by atoms with E-state index in [0.717, 1.165) is 43.9 Å². The van der Waals surface area contributed by atoms with Gasteiger partial charge in [-0.05, 0) is 36.8 Å². The van der Waals surface area contributed by atoms with Crippen LogP contribution in [0.2, 0.25) is 0 Å². The molecule has 1 N–H and O–H groups in total. The number of hydrogen-bond acceptors (Lipinski definition) is 4. The molecule has 6 rings (SSSR count). The van der Waals surface area contributed by atoms with Gasteiger partial charge in [0.15, 0.2) is 5.72 Å².